The lowest BCUT2D eigenvalue weighted by Gasteiger charge is -2.10. The summed E-state index contributed by atoms with van der Waals surface area (Å²) in [5, 5.41) is 8.59. The molecule has 1 aromatic carbocycles. The van der Waals surface area contributed by atoms with Gasteiger partial charge in [-0.1, -0.05) is 15.9 Å². The molecule has 0 bridgehead atoms. The average molecular weight is 264 g/mol. The van der Waals surface area contributed by atoms with Gasteiger partial charge in [0.05, 0.1) is 11.1 Å². The van der Waals surface area contributed by atoms with Gasteiger partial charge in [-0.2, -0.15) is 18.4 Å². The van der Waals surface area contributed by atoms with Gasteiger partial charge in [0.1, 0.15) is 6.07 Å². The first kappa shape index (κ1) is 11.1. The van der Waals surface area contributed by atoms with E-state index in [1.54, 1.807) is 6.07 Å². The van der Waals surface area contributed by atoms with Crippen LogP contribution in [0.3, 0.4) is 0 Å². The number of hydrogen-bond donors (Lipinski definition) is 0. The van der Waals surface area contributed by atoms with Crippen LogP contribution in [0.1, 0.15) is 16.7 Å². The standard InChI is InChI=1S/C9H5BrF3N/c1-5-2-6(10)3-8(7(5)4-14)9(11,12)13/h2-3H,1H3. The maximum Gasteiger partial charge on any atom is 0.417 e. The summed E-state index contributed by atoms with van der Waals surface area (Å²) >= 11 is 2.96. The van der Waals surface area contributed by atoms with Gasteiger partial charge in [0.15, 0.2) is 0 Å². The van der Waals surface area contributed by atoms with Gasteiger partial charge in [-0.15, -0.1) is 0 Å². The molecule has 1 nitrogen and oxygen atoms in total. The second kappa shape index (κ2) is 3.62. The van der Waals surface area contributed by atoms with E-state index in [1.807, 2.05) is 0 Å². The molecule has 0 fully saturated rings. The molecule has 0 unspecified atom stereocenters. The summed E-state index contributed by atoms with van der Waals surface area (Å²) in [5.41, 5.74) is -0.901. The van der Waals surface area contributed by atoms with Crippen LogP contribution in [-0.4, -0.2) is 0 Å². The SMILES string of the molecule is Cc1cc(Br)cc(C(F)(F)F)c1C#N. The molecule has 74 valence electrons. The average Bonchev–Trinajstić information content (AvgIpc) is 2.01. The Hall–Kier alpha value is -1.02. The van der Waals surface area contributed by atoms with Gasteiger partial charge < -0.3 is 0 Å². The topological polar surface area (TPSA) is 23.8 Å². The number of hydrogen-bond acceptors (Lipinski definition) is 1. The summed E-state index contributed by atoms with van der Waals surface area (Å²) in [6.45, 7) is 1.47. The van der Waals surface area contributed by atoms with E-state index in [1.165, 1.54) is 13.0 Å². The highest BCUT2D eigenvalue weighted by atomic mass is 79.9. The maximum atomic E-state index is 12.4. The van der Waals surface area contributed by atoms with Crippen LogP contribution in [0.2, 0.25) is 0 Å². The summed E-state index contributed by atoms with van der Waals surface area (Å²) < 4.78 is 37.6. The van der Waals surface area contributed by atoms with Crippen LogP contribution in [-0.2, 0) is 6.18 Å². The Balaban J connectivity index is 3.50. The minimum absolute atomic E-state index is 0.314. The highest BCUT2D eigenvalue weighted by molar-refractivity contribution is 9.10. The van der Waals surface area contributed by atoms with Gasteiger partial charge in [-0.3, -0.25) is 0 Å². The number of aryl methyl sites for hydroxylation is 1. The number of nitrogens with zero attached hydrogens (tertiary/aromatic N) is 1. The van der Waals surface area contributed by atoms with Crippen LogP contribution in [0.15, 0.2) is 16.6 Å². The minimum Gasteiger partial charge on any atom is -0.192 e. The predicted molar refractivity (Wildman–Crippen MR) is 48.6 cm³/mol. The second-order valence-electron chi connectivity index (χ2n) is 2.75. The van der Waals surface area contributed by atoms with E-state index in [4.69, 9.17) is 5.26 Å². The van der Waals surface area contributed by atoms with Gasteiger partial charge in [0, 0.05) is 4.47 Å². The number of benzene rings is 1. The third kappa shape index (κ3) is 2.07. The zero-order valence-electron chi connectivity index (χ0n) is 7.11. The molecule has 0 aliphatic carbocycles. The Morgan fingerprint density at radius 1 is 1.36 bits per heavy atom. The molecule has 0 aromatic heterocycles. The molecule has 0 radical (unpaired) electrons. The molecule has 0 aliphatic heterocycles. The first-order valence-electron chi connectivity index (χ1n) is 3.63. The summed E-state index contributed by atoms with van der Waals surface area (Å²) in [6, 6.07) is 3.95. The van der Waals surface area contributed by atoms with Gasteiger partial charge >= 0.3 is 6.18 Å². The number of alkyl halides is 3. The molecule has 0 N–H and O–H groups in total. The van der Waals surface area contributed by atoms with E-state index in [0.717, 1.165) is 6.07 Å². The fourth-order valence-electron chi connectivity index (χ4n) is 1.12. The summed E-state index contributed by atoms with van der Waals surface area (Å²) in [5.74, 6) is 0. The quantitative estimate of drug-likeness (QED) is 0.701. The second-order valence-corrected chi connectivity index (χ2v) is 3.67. The Morgan fingerprint density at radius 3 is 2.36 bits per heavy atom. The van der Waals surface area contributed by atoms with Crippen molar-refractivity contribution < 1.29 is 13.2 Å². The van der Waals surface area contributed by atoms with E-state index < -0.39 is 11.7 Å². The lowest BCUT2D eigenvalue weighted by molar-refractivity contribution is -0.137. The fraction of sp³-hybridized carbons (Fsp3) is 0.222. The molecule has 0 saturated carbocycles. The molecule has 0 spiro atoms. The minimum atomic E-state index is -4.49. The van der Waals surface area contributed by atoms with Crippen molar-refractivity contribution in [2.45, 2.75) is 13.1 Å². The van der Waals surface area contributed by atoms with Crippen molar-refractivity contribution in [2.75, 3.05) is 0 Å². The summed E-state index contributed by atoms with van der Waals surface area (Å²) in [7, 11) is 0. The zero-order valence-corrected chi connectivity index (χ0v) is 8.70. The maximum absolute atomic E-state index is 12.4. The van der Waals surface area contributed by atoms with Crippen molar-refractivity contribution in [3.05, 3.63) is 33.3 Å². The van der Waals surface area contributed by atoms with Crippen LogP contribution < -0.4 is 0 Å². The molecule has 0 amide bonds. The van der Waals surface area contributed by atoms with E-state index in [9.17, 15) is 13.2 Å². The smallest absolute Gasteiger partial charge is 0.192 e. The lowest BCUT2D eigenvalue weighted by atomic mass is 10.0. The number of nitriles is 1. The van der Waals surface area contributed by atoms with Crippen molar-refractivity contribution in [1.29, 1.82) is 5.26 Å². The van der Waals surface area contributed by atoms with Crippen molar-refractivity contribution in [3.63, 3.8) is 0 Å². The Bertz CT molecular complexity index is 404. The first-order chi connectivity index (χ1) is 6.36. The van der Waals surface area contributed by atoms with E-state index >= 15 is 0 Å². The van der Waals surface area contributed by atoms with Crippen molar-refractivity contribution in [2.24, 2.45) is 0 Å². The van der Waals surface area contributed by atoms with Crippen LogP contribution in [0.25, 0.3) is 0 Å². The lowest BCUT2D eigenvalue weighted by Crippen LogP contribution is -2.08. The van der Waals surface area contributed by atoms with Gasteiger partial charge in [0.25, 0.3) is 0 Å². The van der Waals surface area contributed by atoms with E-state index in [2.05, 4.69) is 15.9 Å². The molecule has 14 heavy (non-hydrogen) atoms. The van der Waals surface area contributed by atoms with Crippen molar-refractivity contribution >= 4 is 15.9 Å². The van der Waals surface area contributed by atoms with E-state index in [-0.39, 0.29) is 5.56 Å². The molecular weight excluding hydrogens is 259 g/mol. The Labute approximate surface area is 87.3 Å². The predicted octanol–water partition coefficient (Wildman–Crippen LogP) is 3.65. The molecule has 0 heterocycles. The van der Waals surface area contributed by atoms with Crippen LogP contribution in [0, 0.1) is 18.3 Å². The van der Waals surface area contributed by atoms with Crippen LogP contribution in [0.5, 0.6) is 0 Å². The van der Waals surface area contributed by atoms with Crippen molar-refractivity contribution in [1.82, 2.24) is 0 Å². The summed E-state index contributed by atoms with van der Waals surface area (Å²) in [4.78, 5) is 0. The zero-order chi connectivity index (χ0) is 10.9. The number of rotatable bonds is 0. The third-order valence-corrected chi connectivity index (χ3v) is 2.18. The van der Waals surface area contributed by atoms with Gasteiger partial charge in [-0.05, 0) is 24.6 Å². The van der Waals surface area contributed by atoms with E-state index in [0.29, 0.717) is 10.0 Å². The molecule has 0 aliphatic rings. The van der Waals surface area contributed by atoms with Crippen LogP contribution >= 0.6 is 15.9 Å². The monoisotopic (exact) mass is 263 g/mol. The molecular formula is C9H5BrF3N. The Kier molecular flexibility index (Phi) is 2.86. The molecule has 0 saturated heterocycles. The highest BCUT2D eigenvalue weighted by Gasteiger charge is 2.34. The molecule has 0 atom stereocenters. The Morgan fingerprint density at radius 2 is 1.93 bits per heavy atom. The fourth-order valence-corrected chi connectivity index (χ4v) is 1.69. The first-order valence-corrected chi connectivity index (χ1v) is 4.43. The molecule has 1 aromatic rings. The number of halogens is 4. The van der Waals surface area contributed by atoms with Crippen molar-refractivity contribution in [3.8, 4) is 6.07 Å². The highest BCUT2D eigenvalue weighted by Crippen LogP contribution is 2.34. The normalized spacial score (nSPS) is 11.1. The summed E-state index contributed by atoms with van der Waals surface area (Å²) in [6.07, 6.45) is -4.49. The van der Waals surface area contributed by atoms with Gasteiger partial charge in [-0.25, -0.2) is 0 Å². The molecule has 1 rings (SSSR count). The largest absolute Gasteiger partial charge is 0.417 e. The third-order valence-electron chi connectivity index (χ3n) is 1.72. The van der Waals surface area contributed by atoms with Crippen LogP contribution in [0.4, 0.5) is 13.2 Å². The van der Waals surface area contributed by atoms with Gasteiger partial charge in [0.2, 0.25) is 0 Å². The molecule has 5 heteroatoms.